The number of imidazole rings is 1. The Balaban J connectivity index is 2.05. The van der Waals surface area contributed by atoms with E-state index < -0.39 is 0 Å². The van der Waals surface area contributed by atoms with Gasteiger partial charge in [0.25, 0.3) is 0 Å². The Morgan fingerprint density at radius 2 is 1.94 bits per heavy atom. The summed E-state index contributed by atoms with van der Waals surface area (Å²) in [6, 6.07) is 7.98. The summed E-state index contributed by atoms with van der Waals surface area (Å²) in [6.07, 6.45) is 1.84. The number of aryl methyl sites for hydroxylation is 4. The Hall–Kier alpha value is -1.77. The summed E-state index contributed by atoms with van der Waals surface area (Å²) in [5.74, 6) is 1.04. The average Bonchev–Trinajstić information content (AvgIpc) is 2.57. The number of aromatic nitrogens is 2. The smallest absolute Gasteiger partial charge is 0.106 e. The lowest BCUT2D eigenvalue weighted by Crippen LogP contribution is -1.98. The summed E-state index contributed by atoms with van der Waals surface area (Å²) in [7, 11) is 0. The van der Waals surface area contributed by atoms with Gasteiger partial charge < -0.3 is 10.7 Å². The third kappa shape index (κ3) is 2.24. The number of nitrogens with zero attached hydrogens (tertiary/aromatic N) is 1. The number of rotatable bonds is 3. The molecule has 2 rings (SSSR count). The van der Waals surface area contributed by atoms with Crippen LogP contribution in [0.4, 0.5) is 5.69 Å². The number of para-hydroxylation sites is 1. The van der Waals surface area contributed by atoms with Gasteiger partial charge in [-0.25, -0.2) is 4.98 Å². The number of anilines is 1. The van der Waals surface area contributed by atoms with Gasteiger partial charge in [0, 0.05) is 17.8 Å². The van der Waals surface area contributed by atoms with E-state index in [1.165, 1.54) is 5.56 Å². The normalized spacial score (nSPS) is 10.6. The van der Waals surface area contributed by atoms with Crippen molar-refractivity contribution in [3.8, 4) is 0 Å². The molecule has 0 fully saturated rings. The zero-order chi connectivity index (χ0) is 11.5. The van der Waals surface area contributed by atoms with Gasteiger partial charge in [-0.05, 0) is 31.9 Å². The predicted octanol–water partition coefficient (Wildman–Crippen LogP) is 2.39. The molecule has 0 aliphatic heterocycles. The highest BCUT2D eigenvalue weighted by Gasteiger charge is 2.04. The van der Waals surface area contributed by atoms with Gasteiger partial charge in [-0.1, -0.05) is 18.2 Å². The standard InChI is InChI=1S/C13H17N3/c1-9-10(2)16-13(15-9)8-7-11-5-3-4-6-12(11)14/h3-6H,7-8,14H2,1-2H3,(H,15,16). The van der Waals surface area contributed by atoms with E-state index in [0.717, 1.165) is 35.7 Å². The molecular formula is C13H17N3. The van der Waals surface area contributed by atoms with Gasteiger partial charge in [-0.3, -0.25) is 0 Å². The first-order valence-electron chi connectivity index (χ1n) is 5.52. The molecular weight excluding hydrogens is 198 g/mol. The zero-order valence-corrected chi connectivity index (χ0v) is 9.75. The molecule has 2 aromatic rings. The number of benzene rings is 1. The fourth-order valence-corrected chi connectivity index (χ4v) is 1.75. The molecule has 3 heteroatoms. The average molecular weight is 215 g/mol. The van der Waals surface area contributed by atoms with Gasteiger partial charge in [0.15, 0.2) is 0 Å². The van der Waals surface area contributed by atoms with Crippen molar-refractivity contribution in [3.05, 3.63) is 47.0 Å². The van der Waals surface area contributed by atoms with Gasteiger partial charge >= 0.3 is 0 Å². The van der Waals surface area contributed by atoms with Crippen LogP contribution in [0.3, 0.4) is 0 Å². The molecule has 3 N–H and O–H groups in total. The topological polar surface area (TPSA) is 54.7 Å². The van der Waals surface area contributed by atoms with Gasteiger partial charge in [0.05, 0.1) is 5.69 Å². The van der Waals surface area contributed by atoms with Crippen LogP contribution >= 0.6 is 0 Å². The van der Waals surface area contributed by atoms with Crippen molar-refractivity contribution in [1.29, 1.82) is 0 Å². The lowest BCUT2D eigenvalue weighted by molar-refractivity contribution is 0.880. The van der Waals surface area contributed by atoms with Crippen molar-refractivity contribution in [1.82, 2.24) is 9.97 Å². The van der Waals surface area contributed by atoms with Crippen molar-refractivity contribution < 1.29 is 0 Å². The molecule has 0 saturated carbocycles. The van der Waals surface area contributed by atoms with Crippen LogP contribution in [-0.2, 0) is 12.8 Å². The van der Waals surface area contributed by atoms with Crippen LogP contribution in [0.1, 0.15) is 22.8 Å². The number of hydrogen-bond acceptors (Lipinski definition) is 2. The SMILES string of the molecule is Cc1nc(CCc2ccccc2N)[nH]c1C. The molecule has 16 heavy (non-hydrogen) atoms. The fraction of sp³-hybridized carbons (Fsp3) is 0.308. The lowest BCUT2D eigenvalue weighted by Gasteiger charge is -2.03. The quantitative estimate of drug-likeness (QED) is 0.772. The molecule has 3 nitrogen and oxygen atoms in total. The number of H-pyrrole nitrogens is 1. The number of nitrogen functional groups attached to an aromatic ring is 1. The number of aromatic amines is 1. The number of nitrogens with one attached hydrogen (secondary N) is 1. The molecule has 84 valence electrons. The van der Waals surface area contributed by atoms with Crippen molar-refractivity contribution in [2.45, 2.75) is 26.7 Å². The largest absolute Gasteiger partial charge is 0.399 e. The van der Waals surface area contributed by atoms with E-state index in [9.17, 15) is 0 Å². The maximum Gasteiger partial charge on any atom is 0.106 e. The maximum atomic E-state index is 5.89. The summed E-state index contributed by atoms with van der Waals surface area (Å²) in [4.78, 5) is 7.74. The molecule has 0 spiro atoms. The van der Waals surface area contributed by atoms with E-state index in [4.69, 9.17) is 5.73 Å². The van der Waals surface area contributed by atoms with Crippen LogP contribution < -0.4 is 5.73 Å². The second-order valence-electron chi connectivity index (χ2n) is 4.09. The monoisotopic (exact) mass is 215 g/mol. The molecule has 0 amide bonds. The van der Waals surface area contributed by atoms with E-state index in [1.807, 2.05) is 32.0 Å². The molecule has 0 bridgehead atoms. The van der Waals surface area contributed by atoms with Crippen LogP contribution in [0.5, 0.6) is 0 Å². The van der Waals surface area contributed by atoms with E-state index in [1.54, 1.807) is 0 Å². The van der Waals surface area contributed by atoms with Gasteiger partial charge in [0.2, 0.25) is 0 Å². The molecule has 1 aromatic carbocycles. The Labute approximate surface area is 95.7 Å². The number of nitrogens with two attached hydrogens (primary N) is 1. The minimum atomic E-state index is 0.863. The Morgan fingerprint density at radius 3 is 2.56 bits per heavy atom. The fourth-order valence-electron chi connectivity index (χ4n) is 1.75. The molecule has 0 atom stereocenters. The third-order valence-electron chi connectivity index (χ3n) is 2.86. The first-order valence-corrected chi connectivity index (χ1v) is 5.52. The second kappa shape index (κ2) is 4.39. The summed E-state index contributed by atoms with van der Waals surface area (Å²) in [5.41, 5.74) is 10.2. The first kappa shape index (κ1) is 10.7. The molecule has 0 radical (unpaired) electrons. The highest BCUT2D eigenvalue weighted by Crippen LogP contribution is 2.13. The molecule has 0 unspecified atom stereocenters. The number of hydrogen-bond donors (Lipinski definition) is 2. The summed E-state index contributed by atoms with van der Waals surface area (Å²) < 4.78 is 0. The minimum Gasteiger partial charge on any atom is -0.399 e. The molecule has 0 saturated heterocycles. The molecule has 0 aliphatic carbocycles. The summed E-state index contributed by atoms with van der Waals surface area (Å²) >= 11 is 0. The highest BCUT2D eigenvalue weighted by atomic mass is 14.9. The predicted molar refractivity (Wildman–Crippen MR) is 66.3 cm³/mol. The molecule has 1 aromatic heterocycles. The van der Waals surface area contributed by atoms with Crippen LogP contribution in [0.15, 0.2) is 24.3 Å². The Bertz CT molecular complexity index is 466. The molecule has 0 aliphatic rings. The van der Waals surface area contributed by atoms with E-state index in [2.05, 4.69) is 16.0 Å². The van der Waals surface area contributed by atoms with Crippen LogP contribution in [-0.4, -0.2) is 9.97 Å². The van der Waals surface area contributed by atoms with Crippen molar-refractivity contribution in [2.24, 2.45) is 0 Å². The first-order chi connectivity index (χ1) is 7.66. The minimum absolute atomic E-state index is 0.863. The maximum absolute atomic E-state index is 5.89. The summed E-state index contributed by atoms with van der Waals surface area (Å²) in [5, 5.41) is 0. The second-order valence-corrected chi connectivity index (χ2v) is 4.09. The zero-order valence-electron chi connectivity index (χ0n) is 9.75. The lowest BCUT2D eigenvalue weighted by atomic mass is 10.1. The van der Waals surface area contributed by atoms with Crippen LogP contribution in [0.2, 0.25) is 0 Å². The Morgan fingerprint density at radius 1 is 1.19 bits per heavy atom. The van der Waals surface area contributed by atoms with Crippen molar-refractivity contribution in [2.75, 3.05) is 5.73 Å². The van der Waals surface area contributed by atoms with Crippen LogP contribution in [0.25, 0.3) is 0 Å². The van der Waals surface area contributed by atoms with Crippen molar-refractivity contribution >= 4 is 5.69 Å². The van der Waals surface area contributed by atoms with Gasteiger partial charge in [0.1, 0.15) is 5.82 Å². The van der Waals surface area contributed by atoms with E-state index in [-0.39, 0.29) is 0 Å². The third-order valence-corrected chi connectivity index (χ3v) is 2.86. The summed E-state index contributed by atoms with van der Waals surface area (Å²) in [6.45, 7) is 4.06. The highest BCUT2D eigenvalue weighted by molar-refractivity contribution is 5.46. The van der Waals surface area contributed by atoms with E-state index >= 15 is 0 Å². The molecule has 1 heterocycles. The Kier molecular flexibility index (Phi) is 2.95. The van der Waals surface area contributed by atoms with Crippen LogP contribution in [0, 0.1) is 13.8 Å². The van der Waals surface area contributed by atoms with E-state index in [0.29, 0.717) is 0 Å². The van der Waals surface area contributed by atoms with Gasteiger partial charge in [-0.2, -0.15) is 0 Å². The van der Waals surface area contributed by atoms with Crippen molar-refractivity contribution in [3.63, 3.8) is 0 Å². The van der Waals surface area contributed by atoms with Gasteiger partial charge in [-0.15, -0.1) is 0 Å².